The highest BCUT2D eigenvalue weighted by Gasteiger charge is 2.44. The molecule has 2 atom stereocenters. The van der Waals surface area contributed by atoms with Crippen LogP contribution >= 0.6 is 0 Å². The van der Waals surface area contributed by atoms with Crippen LogP contribution in [0.3, 0.4) is 0 Å². The first-order chi connectivity index (χ1) is 8.60. The molecule has 1 heterocycles. The zero-order valence-electron chi connectivity index (χ0n) is 11.9. The number of hydrogen-bond donors (Lipinski definition) is 1. The molecule has 19 heavy (non-hydrogen) atoms. The highest BCUT2D eigenvalue weighted by molar-refractivity contribution is 5.84. The minimum Gasteiger partial charge on any atom is -0.317 e. The zero-order chi connectivity index (χ0) is 14.8. The van der Waals surface area contributed by atoms with Crippen molar-refractivity contribution in [2.45, 2.75) is 58.9 Å². The molecule has 1 saturated heterocycles. The smallest absolute Gasteiger partial charge is 0.317 e. The van der Waals surface area contributed by atoms with Crippen LogP contribution in [0.4, 0.5) is 13.2 Å². The Morgan fingerprint density at radius 2 is 1.68 bits per heavy atom. The number of rotatable bonds is 5. The molecule has 2 unspecified atom stereocenters. The lowest BCUT2D eigenvalue weighted by atomic mass is 10.0. The number of carbonyl (C=O) groups excluding carboxylic acids is 1. The number of carbonyl (C=O) groups is 1. The topological polar surface area (TPSA) is 32.3 Å². The number of alkyl halides is 3. The van der Waals surface area contributed by atoms with Gasteiger partial charge in [-0.25, -0.2) is 0 Å². The van der Waals surface area contributed by atoms with Crippen molar-refractivity contribution in [1.82, 2.24) is 10.2 Å². The lowest BCUT2D eigenvalue weighted by Gasteiger charge is -2.26. The van der Waals surface area contributed by atoms with Gasteiger partial charge >= 0.3 is 6.18 Å². The van der Waals surface area contributed by atoms with Gasteiger partial charge in [-0.1, -0.05) is 27.7 Å². The fourth-order valence-electron chi connectivity index (χ4n) is 2.41. The largest absolute Gasteiger partial charge is 0.406 e. The van der Waals surface area contributed by atoms with Gasteiger partial charge < -0.3 is 4.90 Å². The third kappa shape index (κ3) is 5.01. The molecule has 6 heteroatoms. The van der Waals surface area contributed by atoms with Gasteiger partial charge in [0, 0.05) is 0 Å². The van der Waals surface area contributed by atoms with E-state index in [1.54, 1.807) is 0 Å². The number of amides is 1. The normalized spacial score (nSPS) is 24.9. The van der Waals surface area contributed by atoms with E-state index in [9.17, 15) is 18.0 Å². The predicted octanol–water partition coefficient (Wildman–Crippen LogP) is 2.77. The summed E-state index contributed by atoms with van der Waals surface area (Å²) in [5.74, 6) is 0.0856. The maximum Gasteiger partial charge on any atom is 0.406 e. The molecule has 0 aromatic rings. The predicted molar refractivity (Wildman–Crippen MR) is 67.4 cm³/mol. The third-order valence-electron chi connectivity index (χ3n) is 3.10. The quantitative estimate of drug-likeness (QED) is 0.840. The van der Waals surface area contributed by atoms with Gasteiger partial charge in [0.1, 0.15) is 6.54 Å². The second-order valence-corrected chi connectivity index (χ2v) is 6.08. The van der Waals surface area contributed by atoms with Crippen LogP contribution in [-0.2, 0) is 4.79 Å². The molecule has 1 fully saturated rings. The van der Waals surface area contributed by atoms with Crippen LogP contribution in [0, 0.1) is 11.8 Å². The Morgan fingerprint density at radius 3 is 2.11 bits per heavy atom. The lowest BCUT2D eigenvalue weighted by molar-refractivity contribution is -0.162. The Hall–Kier alpha value is -0.780. The van der Waals surface area contributed by atoms with Crippen LogP contribution in [0.25, 0.3) is 0 Å². The van der Waals surface area contributed by atoms with E-state index in [0.29, 0.717) is 12.8 Å². The van der Waals surface area contributed by atoms with Gasteiger partial charge in [0.05, 0.1) is 12.2 Å². The summed E-state index contributed by atoms with van der Waals surface area (Å²) in [5.41, 5.74) is 0. The fourth-order valence-corrected chi connectivity index (χ4v) is 2.41. The summed E-state index contributed by atoms with van der Waals surface area (Å²) in [7, 11) is 0. The van der Waals surface area contributed by atoms with Crippen molar-refractivity contribution < 1.29 is 18.0 Å². The SMILES string of the molecule is CC(C)CC1NC(CC(C)C)N(CC(F)(F)F)C1=O. The molecule has 0 spiro atoms. The van der Waals surface area contributed by atoms with E-state index in [-0.39, 0.29) is 11.8 Å². The van der Waals surface area contributed by atoms with E-state index < -0.39 is 30.8 Å². The second-order valence-electron chi connectivity index (χ2n) is 6.08. The average Bonchev–Trinajstić information content (AvgIpc) is 2.43. The van der Waals surface area contributed by atoms with Gasteiger partial charge in [-0.2, -0.15) is 13.2 Å². The summed E-state index contributed by atoms with van der Waals surface area (Å²) in [6, 6.07) is -0.480. The Balaban J connectivity index is 2.79. The fraction of sp³-hybridized carbons (Fsp3) is 0.923. The van der Waals surface area contributed by atoms with Gasteiger partial charge in [0.25, 0.3) is 0 Å². The third-order valence-corrected chi connectivity index (χ3v) is 3.10. The van der Waals surface area contributed by atoms with E-state index >= 15 is 0 Å². The molecule has 0 aromatic carbocycles. The summed E-state index contributed by atoms with van der Waals surface area (Å²) >= 11 is 0. The molecule has 3 nitrogen and oxygen atoms in total. The van der Waals surface area contributed by atoms with Crippen molar-refractivity contribution in [1.29, 1.82) is 0 Å². The molecule has 1 N–H and O–H groups in total. The highest BCUT2D eigenvalue weighted by Crippen LogP contribution is 2.26. The molecular formula is C13H23F3N2O. The second kappa shape index (κ2) is 6.11. The molecular weight excluding hydrogens is 257 g/mol. The Morgan fingerprint density at radius 1 is 1.16 bits per heavy atom. The van der Waals surface area contributed by atoms with E-state index in [1.165, 1.54) is 0 Å². The van der Waals surface area contributed by atoms with Gasteiger partial charge in [0.15, 0.2) is 0 Å². The van der Waals surface area contributed by atoms with Crippen molar-refractivity contribution in [3.8, 4) is 0 Å². The van der Waals surface area contributed by atoms with Crippen molar-refractivity contribution in [3.63, 3.8) is 0 Å². The molecule has 112 valence electrons. The van der Waals surface area contributed by atoms with E-state index in [4.69, 9.17) is 0 Å². The number of nitrogens with one attached hydrogen (secondary N) is 1. The van der Waals surface area contributed by atoms with Gasteiger partial charge in [-0.05, 0) is 24.7 Å². The lowest BCUT2D eigenvalue weighted by Crippen LogP contribution is -2.43. The Bertz CT molecular complexity index is 316. The average molecular weight is 280 g/mol. The molecule has 1 amide bonds. The summed E-state index contributed by atoms with van der Waals surface area (Å²) in [4.78, 5) is 13.0. The molecule has 1 rings (SSSR count). The maximum absolute atomic E-state index is 12.6. The van der Waals surface area contributed by atoms with Crippen LogP contribution in [0.15, 0.2) is 0 Å². The highest BCUT2D eigenvalue weighted by atomic mass is 19.4. The van der Waals surface area contributed by atoms with Crippen molar-refractivity contribution in [3.05, 3.63) is 0 Å². The first-order valence-electron chi connectivity index (χ1n) is 6.73. The minimum atomic E-state index is -4.35. The number of nitrogens with zero attached hydrogens (tertiary/aromatic N) is 1. The van der Waals surface area contributed by atoms with Crippen LogP contribution in [0.5, 0.6) is 0 Å². The molecule has 0 aromatic heterocycles. The summed E-state index contributed by atoms with van der Waals surface area (Å²) < 4.78 is 37.7. The minimum absolute atomic E-state index is 0.235. The van der Waals surface area contributed by atoms with E-state index in [2.05, 4.69) is 5.32 Å². The van der Waals surface area contributed by atoms with Gasteiger partial charge in [0.2, 0.25) is 5.91 Å². The maximum atomic E-state index is 12.6. The molecule has 0 radical (unpaired) electrons. The van der Waals surface area contributed by atoms with Crippen LogP contribution in [-0.4, -0.2) is 35.7 Å². The van der Waals surface area contributed by atoms with E-state index in [0.717, 1.165) is 4.90 Å². The van der Waals surface area contributed by atoms with Crippen molar-refractivity contribution >= 4 is 5.91 Å². The molecule has 0 bridgehead atoms. The zero-order valence-corrected chi connectivity index (χ0v) is 11.9. The van der Waals surface area contributed by atoms with Crippen molar-refractivity contribution in [2.24, 2.45) is 11.8 Å². The van der Waals surface area contributed by atoms with Gasteiger partial charge in [-0.15, -0.1) is 0 Å². The number of halogens is 3. The van der Waals surface area contributed by atoms with Crippen LogP contribution < -0.4 is 5.32 Å². The number of hydrogen-bond acceptors (Lipinski definition) is 2. The first-order valence-corrected chi connectivity index (χ1v) is 6.73. The summed E-state index contributed by atoms with van der Waals surface area (Å²) in [6.45, 7) is 6.63. The van der Waals surface area contributed by atoms with Gasteiger partial charge in [-0.3, -0.25) is 10.1 Å². The monoisotopic (exact) mass is 280 g/mol. The van der Waals surface area contributed by atoms with Crippen molar-refractivity contribution in [2.75, 3.05) is 6.54 Å². The van der Waals surface area contributed by atoms with Crippen LogP contribution in [0.2, 0.25) is 0 Å². The summed E-state index contributed by atoms with van der Waals surface area (Å²) in [5, 5.41) is 3.05. The Labute approximate surface area is 112 Å². The molecule has 0 saturated carbocycles. The molecule has 1 aliphatic heterocycles. The first kappa shape index (κ1) is 16.3. The Kier molecular flexibility index (Phi) is 5.24. The summed E-state index contributed by atoms with van der Waals surface area (Å²) in [6.07, 6.45) is -3.74. The van der Waals surface area contributed by atoms with E-state index in [1.807, 2.05) is 27.7 Å². The van der Waals surface area contributed by atoms with Crippen LogP contribution in [0.1, 0.15) is 40.5 Å². The standard InChI is InChI=1S/C13H23F3N2O/c1-8(2)5-10-12(19)18(7-13(14,15)16)11(17-10)6-9(3)4/h8-11,17H,5-7H2,1-4H3. The molecule has 0 aliphatic carbocycles. The molecule has 1 aliphatic rings.